The third kappa shape index (κ3) is 9.02. The molecule has 0 aliphatic heterocycles. The molecule has 7 heteroatoms. The normalized spacial score (nSPS) is 10.6. The number of hydrogen-bond acceptors (Lipinski definition) is 5. The molecule has 0 heterocycles. The molecule has 0 unspecified atom stereocenters. The van der Waals surface area contributed by atoms with E-state index in [4.69, 9.17) is 9.47 Å². The number of rotatable bonds is 4. The van der Waals surface area contributed by atoms with E-state index in [1.54, 1.807) is 27.8 Å². The minimum Gasteiger partial charge on any atom is -0.444 e. The van der Waals surface area contributed by atoms with Gasteiger partial charge in [0.15, 0.2) is 0 Å². The van der Waals surface area contributed by atoms with E-state index in [1.807, 2.05) is 22.6 Å². The van der Waals surface area contributed by atoms with Crippen LogP contribution in [0.3, 0.4) is 0 Å². The maximum absolute atomic E-state index is 11.5. The molecule has 0 saturated carbocycles. The summed E-state index contributed by atoms with van der Waals surface area (Å²) in [5.74, 6) is 0. The molecule has 0 atom stereocenters. The second-order valence-electron chi connectivity index (χ2n) is 4.25. The maximum Gasteiger partial charge on any atom is 0.509 e. The van der Waals surface area contributed by atoms with E-state index in [2.05, 4.69) is 4.74 Å². The molecular weight excluding hydrogens is 341 g/mol. The first-order valence-corrected chi connectivity index (χ1v) is 6.58. The van der Waals surface area contributed by atoms with Crippen LogP contribution >= 0.6 is 22.6 Å². The van der Waals surface area contributed by atoms with Crippen molar-refractivity contribution in [3.05, 3.63) is 0 Å². The summed E-state index contributed by atoms with van der Waals surface area (Å²) in [6.45, 7) is 5.68. The number of nitrogens with zero attached hydrogens (tertiary/aromatic N) is 1. The fourth-order valence-electron chi connectivity index (χ4n) is 0.783. The monoisotopic (exact) mass is 359 g/mol. The van der Waals surface area contributed by atoms with Crippen molar-refractivity contribution >= 4 is 34.8 Å². The quantitative estimate of drug-likeness (QED) is 0.438. The van der Waals surface area contributed by atoms with Gasteiger partial charge in [-0.1, -0.05) is 0 Å². The van der Waals surface area contributed by atoms with Gasteiger partial charge >= 0.3 is 12.2 Å². The second-order valence-corrected chi connectivity index (χ2v) is 4.88. The first-order valence-electron chi connectivity index (χ1n) is 5.06. The lowest BCUT2D eigenvalue weighted by Gasteiger charge is -2.24. The zero-order chi connectivity index (χ0) is 13.5. The second kappa shape index (κ2) is 7.57. The maximum atomic E-state index is 11.5. The number of hydrogen-bond donors (Lipinski definition) is 0. The summed E-state index contributed by atoms with van der Waals surface area (Å²) in [7, 11) is 1.57. The zero-order valence-corrected chi connectivity index (χ0v) is 12.6. The first kappa shape index (κ1) is 16.3. The van der Waals surface area contributed by atoms with Gasteiger partial charge in [-0.05, 0) is 43.4 Å². The molecule has 6 nitrogen and oxygen atoms in total. The molecule has 0 aliphatic carbocycles. The Morgan fingerprint density at radius 1 is 1.24 bits per heavy atom. The molecule has 0 aromatic rings. The van der Waals surface area contributed by atoms with E-state index >= 15 is 0 Å². The third-order valence-corrected chi connectivity index (χ3v) is 1.84. The van der Waals surface area contributed by atoms with Gasteiger partial charge < -0.3 is 19.1 Å². The molecule has 0 saturated heterocycles. The fourth-order valence-corrected chi connectivity index (χ4v) is 1.04. The molecule has 0 bridgehead atoms. The minimum atomic E-state index is -0.739. The van der Waals surface area contributed by atoms with Crippen molar-refractivity contribution in [3.8, 4) is 0 Å². The Labute approximate surface area is 115 Å². The summed E-state index contributed by atoms with van der Waals surface area (Å²) < 4.78 is 14.6. The summed E-state index contributed by atoms with van der Waals surface area (Å²) in [6, 6.07) is 0. The van der Waals surface area contributed by atoms with Crippen molar-refractivity contribution in [2.24, 2.45) is 0 Å². The van der Waals surface area contributed by atoms with E-state index in [-0.39, 0.29) is 17.8 Å². The van der Waals surface area contributed by atoms with Crippen LogP contribution in [0.5, 0.6) is 0 Å². The third-order valence-electron chi connectivity index (χ3n) is 1.52. The van der Waals surface area contributed by atoms with Crippen LogP contribution in [-0.2, 0) is 14.2 Å². The number of ether oxygens (including phenoxy) is 3. The van der Waals surface area contributed by atoms with Gasteiger partial charge in [-0.15, -0.1) is 0 Å². The number of amides is 1. The van der Waals surface area contributed by atoms with Crippen molar-refractivity contribution in [3.63, 3.8) is 0 Å². The van der Waals surface area contributed by atoms with Crippen molar-refractivity contribution in [1.29, 1.82) is 0 Å². The highest BCUT2D eigenvalue weighted by molar-refractivity contribution is 14.1. The number of carbonyl (C=O) groups excluding carboxylic acids is 2. The van der Waals surface area contributed by atoms with Gasteiger partial charge in [0, 0.05) is 7.05 Å². The van der Waals surface area contributed by atoms with Gasteiger partial charge in [-0.25, -0.2) is 9.59 Å². The standard InChI is InChI=1S/C10H18INO5/c1-10(2,3)17-8(13)12(4)5-6-15-9(14)16-7-11/h5-7H2,1-4H3. The van der Waals surface area contributed by atoms with Gasteiger partial charge in [0.2, 0.25) is 0 Å². The predicted molar refractivity (Wildman–Crippen MR) is 70.2 cm³/mol. The SMILES string of the molecule is CN(CCOC(=O)OCI)C(=O)OC(C)(C)C. The molecule has 0 radical (unpaired) electrons. The summed E-state index contributed by atoms with van der Waals surface area (Å²) in [5.41, 5.74) is -0.535. The van der Waals surface area contributed by atoms with Crippen molar-refractivity contribution in [2.45, 2.75) is 26.4 Å². The van der Waals surface area contributed by atoms with Crippen LogP contribution in [0.4, 0.5) is 9.59 Å². The summed E-state index contributed by atoms with van der Waals surface area (Å²) in [6.07, 6.45) is -1.19. The van der Waals surface area contributed by atoms with Crippen molar-refractivity contribution in [2.75, 3.05) is 24.8 Å². The van der Waals surface area contributed by atoms with Crippen molar-refractivity contribution < 1.29 is 23.8 Å². The van der Waals surface area contributed by atoms with E-state index < -0.39 is 17.8 Å². The molecule has 0 spiro atoms. The molecule has 1 amide bonds. The molecular formula is C10H18INO5. The summed E-state index contributed by atoms with van der Waals surface area (Å²) in [4.78, 5) is 23.7. The van der Waals surface area contributed by atoms with Gasteiger partial charge in [-0.3, -0.25) is 0 Å². The highest BCUT2D eigenvalue weighted by atomic mass is 127. The average molecular weight is 359 g/mol. The lowest BCUT2D eigenvalue weighted by molar-refractivity contribution is 0.0220. The predicted octanol–water partition coefficient (Wildman–Crippen LogP) is 2.40. The Balaban J connectivity index is 3.82. The van der Waals surface area contributed by atoms with Crippen LogP contribution < -0.4 is 0 Å². The lowest BCUT2D eigenvalue weighted by Crippen LogP contribution is -2.36. The van der Waals surface area contributed by atoms with Gasteiger partial charge in [0.05, 0.1) is 6.54 Å². The van der Waals surface area contributed by atoms with Crippen LogP contribution in [0.1, 0.15) is 20.8 Å². The largest absolute Gasteiger partial charge is 0.509 e. The number of carbonyl (C=O) groups is 2. The highest BCUT2D eigenvalue weighted by Crippen LogP contribution is 2.08. The first-order chi connectivity index (χ1) is 7.76. The highest BCUT2D eigenvalue weighted by Gasteiger charge is 2.19. The van der Waals surface area contributed by atoms with Crippen LogP contribution in [0.15, 0.2) is 0 Å². The Morgan fingerprint density at radius 3 is 2.29 bits per heavy atom. The van der Waals surface area contributed by atoms with Crippen LogP contribution in [0.25, 0.3) is 0 Å². The van der Waals surface area contributed by atoms with Crippen molar-refractivity contribution in [1.82, 2.24) is 4.90 Å². The Morgan fingerprint density at radius 2 is 1.82 bits per heavy atom. The van der Waals surface area contributed by atoms with E-state index in [0.29, 0.717) is 0 Å². The van der Waals surface area contributed by atoms with Gasteiger partial charge in [-0.2, -0.15) is 0 Å². The Hall–Kier alpha value is -0.730. The Bertz CT molecular complexity index is 264. The van der Waals surface area contributed by atoms with E-state index in [0.717, 1.165) is 0 Å². The van der Waals surface area contributed by atoms with E-state index in [9.17, 15) is 9.59 Å². The number of likely N-dealkylation sites (N-methyl/N-ethyl adjacent to an activating group) is 1. The van der Waals surface area contributed by atoms with Gasteiger partial charge in [0.25, 0.3) is 0 Å². The number of halogens is 1. The van der Waals surface area contributed by atoms with Crippen LogP contribution in [0.2, 0.25) is 0 Å². The fraction of sp³-hybridized carbons (Fsp3) is 0.800. The lowest BCUT2D eigenvalue weighted by atomic mass is 10.2. The molecule has 0 aromatic heterocycles. The topological polar surface area (TPSA) is 65.1 Å². The minimum absolute atomic E-state index is 0.0746. The van der Waals surface area contributed by atoms with Crippen LogP contribution in [-0.4, -0.2) is 47.6 Å². The molecule has 17 heavy (non-hydrogen) atoms. The molecule has 0 aliphatic rings. The molecule has 0 N–H and O–H groups in total. The zero-order valence-electron chi connectivity index (χ0n) is 10.5. The Kier molecular flexibility index (Phi) is 7.24. The summed E-state index contributed by atoms with van der Waals surface area (Å²) in [5, 5.41) is 0. The number of alkyl halides is 1. The smallest absolute Gasteiger partial charge is 0.444 e. The van der Waals surface area contributed by atoms with Gasteiger partial charge in [0.1, 0.15) is 16.8 Å². The molecule has 0 aromatic carbocycles. The summed E-state index contributed by atoms with van der Waals surface area (Å²) >= 11 is 1.89. The molecule has 0 fully saturated rings. The molecule has 0 rings (SSSR count). The molecule has 100 valence electrons. The average Bonchev–Trinajstić information content (AvgIpc) is 2.15. The van der Waals surface area contributed by atoms with Crippen LogP contribution in [0, 0.1) is 0 Å². The van der Waals surface area contributed by atoms with E-state index in [1.165, 1.54) is 4.90 Å².